The number of rotatable bonds is 4. The normalized spacial score (nSPS) is 15.0. The number of fused-ring (bicyclic) bond motifs is 1. The average molecular weight is 424 g/mol. The Balaban J connectivity index is 1.23. The maximum absolute atomic E-state index is 12.9. The zero-order valence-corrected chi connectivity index (χ0v) is 17.5. The maximum Gasteiger partial charge on any atom is 0.228 e. The Hall–Kier alpha value is -2.71. The Labute approximate surface area is 176 Å². The van der Waals surface area contributed by atoms with Crippen LogP contribution < -0.4 is 4.90 Å². The van der Waals surface area contributed by atoms with Gasteiger partial charge in [0.15, 0.2) is 0 Å². The van der Waals surface area contributed by atoms with Crippen molar-refractivity contribution in [3.8, 4) is 9.88 Å². The highest BCUT2D eigenvalue weighted by Crippen LogP contribution is 2.28. The summed E-state index contributed by atoms with van der Waals surface area (Å²) in [6, 6.07) is 12.2. The molecule has 1 N–H and O–H groups in total. The third-order valence-corrected chi connectivity index (χ3v) is 7.07. The van der Waals surface area contributed by atoms with E-state index < -0.39 is 0 Å². The van der Waals surface area contributed by atoms with Gasteiger partial charge in [-0.15, -0.1) is 22.7 Å². The molecule has 1 aromatic carbocycles. The van der Waals surface area contributed by atoms with Crippen LogP contribution in [0.5, 0.6) is 0 Å². The van der Waals surface area contributed by atoms with Crippen LogP contribution in [0.3, 0.4) is 0 Å². The number of H-pyrrole nitrogens is 1. The first-order chi connectivity index (χ1) is 14.3. The summed E-state index contributed by atoms with van der Waals surface area (Å²) in [4.78, 5) is 31.0. The topological polar surface area (TPSA) is 65.1 Å². The summed E-state index contributed by atoms with van der Waals surface area (Å²) >= 11 is 3.28. The Kier molecular flexibility index (Phi) is 5.03. The number of thiazole rings is 1. The lowest BCUT2D eigenvalue weighted by molar-refractivity contribution is -0.130. The number of hydrogen-bond donors (Lipinski definition) is 1. The Morgan fingerprint density at radius 3 is 2.83 bits per heavy atom. The molecular weight excluding hydrogens is 402 g/mol. The van der Waals surface area contributed by atoms with Crippen LogP contribution in [0.2, 0.25) is 0 Å². The molecule has 3 aromatic heterocycles. The summed E-state index contributed by atoms with van der Waals surface area (Å²) < 4.78 is 0. The third-order valence-electron chi connectivity index (χ3n) is 5.14. The van der Waals surface area contributed by atoms with Gasteiger partial charge in [-0.2, -0.15) is 0 Å². The van der Waals surface area contributed by atoms with E-state index in [2.05, 4.69) is 20.9 Å². The van der Waals surface area contributed by atoms with Crippen molar-refractivity contribution in [3.63, 3.8) is 0 Å². The monoisotopic (exact) mass is 423 g/mol. The number of aromatic nitrogens is 3. The van der Waals surface area contributed by atoms with Gasteiger partial charge in [0.05, 0.1) is 28.0 Å². The van der Waals surface area contributed by atoms with Crippen LogP contribution >= 0.6 is 22.7 Å². The first kappa shape index (κ1) is 18.3. The fraction of sp³-hybridized carbons (Fsp3) is 0.286. The third kappa shape index (κ3) is 3.90. The van der Waals surface area contributed by atoms with Crippen molar-refractivity contribution in [2.45, 2.75) is 12.8 Å². The maximum atomic E-state index is 12.9. The van der Waals surface area contributed by atoms with E-state index in [9.17, 15) is 4.79 Å². The summed E-state index contributed by atoms with van der Waals surface area (Å²) in [5.74, 6) is 1.04. The van der Waals surface area contributed by atoms with E-state index in [0.29, 0.717) is 13.0 Å². The molecule has 6 nitrogen and oxygen atoms in total. The second kappa shape index (κ2) is 7.96. The minimum atomic E-state index is 0.152. The van der Waals surface area contributed by atoms with Crippen LogP contribution in [-0.2, 0) is 11.2 Å². The molecule has 4 heterocycles. The van der Waals surface area contributed by atoms with Crippen molar-refractivity contribution < 1.29 is 4.79 Å². The van der Waals surface area contributed by atoms with E-state index >= 15 is 0 Å². The zero-order chi connectivity index (χ0) is 19.6. The quantitative estimate of drug-likeness (QED) is 0.538. The Morgan fingerprint density at radius 2 is 1.97 bits per heavy atom. The summed E-state index contributed by atoms with van der Waals surface area (Å²) in [6.07, 6.45) is 1.30. The number of anilines is 1. The molecule has 148 valence electrons. The van der Waals surface area contributed by atoms with Crippen LogP contribution in [0.15, 0.2) is 47.2 Å². The first-order valence-corrected chi connectivity index (χ1v) is 11.5. The summed E-state index contributed by atoms with van der Waals surface area (Å²) in [7, 11) is 0. The van der Waals surface area contributed by atoms with Crippen molar-refractivity contribution in [2.75, 3.05) is 31.1 Å². The second-order valence-electron chi connectivity index (χ2n) is 7.10. The fourth-order valence-corrected chi connectivity index (χ4v) is 5.27. The number of imidazole rings is 1. The molecule has 1 saturated heterocycles. The number of nitrogens with one attached hydrogen (secondary N) is 1. The molecule has 0 radical (unpaired) electrons. The molecular formula is C21H21N5OS2. The second-order valence-corrected chi connectivity index (χ2v) is 8.90. The highest BCUT2D eigenvalue weighted by molar-refractivity contribution is 7.20. The van der Waals surface area contributed by atoms with Crippen LogP contribution in [0.1, 0.15) is 12.1 Å². The number of carbonyl (C=O) groups is 1. The molecule has 0 unspecified atom stereocenters. The molecule has 8 heteroatoms. The number of hydrogen-bond acceptors (Lipinski definition) is 6. The summed E-state index contributed by atoms with van der Waals surface area (Å²) in [6.45, 7) is 3.15. The van der Waals surface area contributed by atoms with Crippen LogP contribution in [0.4, 0.5) is 5.95 Å². The number of amides is 1. The van der Waals surface area contributed by atoms with Crippen molar-refractivity contribution in [1.29, 1.82) is 0 Å². The molecule has 1 aliphatic rings. The number of thiophene rings is 1. The fourth-order valence-electron chi connectivity index (χ4n) is 3.64. The van der Waals surface area contributed by atoms with Crippen LogP contribution in [0.25, 0.3) is 20.9 Å². The molecule has 0 spiro atoms. The standard InChI is InChI=1S/C21H21N5OS2/c27-19(13-15-14-29-20(22-15)18-7-3-12-28-18)25-8-4-9-26(11-10-25)21-23-16-5-1-2-6-17(16)24-21/h1-3,5-7,12,14H,4,8-11,13H2,(H,23,24). The van der Waals surface area contributed by atoms with Gasteiger partial charge in [0.25, 0.3) is 0 Å². The SMILES string of the molecule is O=C(Cc1csc(-c2cccs2)n1)N1CCCN(c2nc3ccccc3[nH]2)CC1. The number of aromatic amines is 1. The summed E-state index contributed by atoms with van der Waals surface area (Å²) in [5.41, 5.74) is 2.89. The van der Waals surface area contributed by atoms with Crippen LogP contribution in [-0.4, -0.2) is 51.9 Å². The lowest BCUT2D eigenvalue weighted by Gasteiger charge is -2.21. The number of para-hydroxylation sites is 2. The van der Waals surface area contributed by atoms with Gasteiger partial charge in [-0.1, -0.05) is 18.2 Å². The van der Waals surface area contributed by atoms with Gasteiger partial charge >= 0.3 is 0 Å². The van der Waals surface area contributed by atoms with E-state index in [-0.39, 0.29) is 5.91 Å². The Morgan fingerprint density at radius 1 is 1.03 bits per heavy atom. The predicted octanol–water partition coefficient (Wildman–Crippen LogP) is 4.03. The van der Waals surface area contributed by atoms with E-state index in [1.165, 1.54) is 0 Å². The molecule has 0 aliphatic carbocycles. The minimum absolute atomic E-state index is 0.152. The van der Waals surface area contributed by atoms with E-state index in [1.54, 1.807) is 22.7 Å². The smallest absolute Gasteiger partial charge is 0.228 e. The molecule has 5 rings (SSSR count). The largest absolute Gasteiger partial charge is 0.341 e. The van der Waals surface area contributed by atoms with Crippen molar-refractivity contribution in [2.24, 2.45) is 0 Å². The van der Waals surface area contributed by atoms with Crippen LogP contribution in [0, 0.1) is 0 Å². The van der Waals surface area contributed by atoms with E-state index in [4.69, 9.17) is 4.98 Å². The van der Waals surface area contributed by atoms with Gasteiger partial charge < -0.3 is 14.8 Å². The zero-order valence-electron chi connectivity index (χ0n) is 15.9. The van der Waals surface area contributed by atoms with Crippen molar-refractivity contribution >= 4 is 45.6 Å². The lowest BCUT2D eigenvalue weighted by atomic mass is 10.3. The van der Waals surface area contributed by atoms with Crippen molar-refractivity contribution in [1.82, 2.24) is 19.9 Å². The van der Waals surface area contributed by atoms with Crippen molar-refractivity contribution in [3.05, 3.63) is 52.9 Å². The predicted molar refractivity (Wildman–Crippen MR) is 119 cm³/mol. The molecule has 0 bridgehead atoms. The Bertz CT molecular complexity index is 1080. The number of nitrogens with zero attached hydrogens (tertiary/aromatic N) is 4. The van der Waals surface area contributed by atoms with Gasteiger partial charge in [-0.3, -0.25) is 4.79 Å². The summed E-state index contributed by atoms with van der Waals surface area (Å²) in [5, 5.41) is 5.05. The van der Waals surface area contributed by atoms with Gasteiger partial charge in [0, 0.05) is 31.6 Å². The van der Waals surface area contributed by atoms with E-state index in [0.717, 1.165) is 58.6 Å². The molecule has 0 atom stereocenters. The number of carbonyl (C=O) groups excluding carboxylic acids is 1. The molecule has 29 heavy (non-hydrogen) atoms. The molecule has 1 aliphatic heterocycles. The number of benzene rings is 1. The molecule has 1 fully saturated rings. The minimum Gasteiger partial charge on any atom is -0.341 e. The first-order valence-electron chi connectivity index (χ1n) is 9.72. The molecule has 1 amide bonds. The van der Waals surface area contributed by atoms with Gasteiger partial charge in [0.2, 0.25) is 11.9 Å². The van der Waals surface area contributed by atoms with Gasteiger partial charge in [-0.05, 0) is 30.0 Å². The molecule has 0 saturated carbocycles. The lowest BCUT2D eigenvalue weighted by Crippen LogP contribution is -2.36. The highest BCUT2D eigenvalue weighted by Gasteiger charge is 2.22. The average Bonchev–Trinajstić information content (AvgIpc) is 3.45. The van der Waals surface area contributed by atoms with Gasteiger partial charge in [-0.25, -0.2) is 9.97 Å². The van der Waals surface area contributed by atoms with Gasteiger partial charge in [0.1, 0.15) is 5.01 Å². The highest BCUT2D eigenvalue weighted by atomic mass is 32.1. The van der Waals surface area contributed by atoms with E-state index in [1.807, 2.05) is 46.0 Å². The molecule has 4 aromatic rings.